The number of nitrogens with zero attached hydrogens (tertiary/aromatic N) is 1. The zero-order valence-corrected chi connectivity index (χ0v) is 12.2. The van der Waals surface area contributed by atoms with E-state index in [0.717, 1.165) is 0 Å². The Bertz CT molecular complexity index is 463. The van der Waals surface area contributed by atoms with Gasteiger partial charge in [-0.3, -0.25) is 14.5 Å². The average molecular weight is 283 g/mol. The Labute approximate surface area is 118 Å². The van der Waals surface area contributed by atoms with Crippen molar-refractivity contribution in [3.63, 3.8) is 0 Å². The summed E-state index contributed by atoms with van der Waals surface area (Å²) < 4.78 is 0. The van der Waals surface area contributed by atoms with Gasteiger partial charge in [-0.15, -0.1) is 0 Å². The van der Waals surface area contributed by atoms with Crippen molar-refractivity contribution in [2.45, 2.75) is 6.92 Å². The molecular formula is C14H19ClN2O2. The van der Waals surface area contributed by atoms with Crippen LogP contribution in [-0.2, 0) is 4.79 Å². The Kier molecular flexibility index (Phi) is 5.99. The molecule has 5 heteroatoms. The fourth-order valence-electron chi connectivity index (χ4n) is 1.88. The van der Waals surface area contributed by atoms with Crippen molar-refractivity contribution in [1.29, 1.82) is 0 Å². The van der Waals surface area contributed by atoms with E-state index in [-0.39, 0.29) is 24.2 Å². The quantitative estimate of drug-likeness (QED) is 0.810. The Morgan fingerprint density at radius 3 is 2.58 bits per heavy atom. The van der Waals surface area contributed by atoms with Crippen molar-refractivity contribution in [3.8, 4) is 0 Å². The van der Waals surface area contributed by atoms with Crippen molar-refractivity contribution in [3.05, 3.63) is 34.9 Å². The van der Waals surface area contributed by atoms with Crippen LogP contribution in [0.1, 0.15) is 17.3 Å². The van der Waals surface area contributed by atoms with Gasteiger partial charge in [-0.05, 0) is 19.2 Å². The van der Waals surface area contributed by atoms with Gasteiger partial charge in [0.1, 0.15) is 0 Å². The third-order valence-corrected chi connectivity index (χ3v) is 3.20. The number of carbonyl (C=O) groups is 2. The van der Waals surface area contributed by atoms with Gasteiger partial charge in [0.25, 0.3) is 0 Å². The summed E-state index contributed by atoms with van der Waals surface area (Å²) in [6.07, 6.45) is 0. The summed E-state index contributed by atoms with van der Waals surface area (Å²) in [4.78, 5) is 25.3. The maximum Gasteiger partial charge on any atom is 0.223 e. The van der Waals surface area contributed by atoms with Crippen LogP contribution in [0.4, 0.5) is 0 Å². The van der Waals surface area contributed by atoms with Crippen LogP contribution in [0.25, 0.3) is 0 Å². The van der Waals surface area contributed by atoms with Gasteiger partial charge >= 0.3 is 0 Å². The summed E-state index contributed by atoms with van der Waals surface area (Å²) in [5, 5.41) is 3.05. The minimum atomic E-state index is -0.158. The zero-order valence-electron chi connectivity index (χ0n) is 11.4. The molecule has 1 amide bonds. The van der Waals surface area contributed by atoms with Crippen molar-refractivity contribution >= 4 is 23.3 Å². The second-order valence-corrected chi connectivity index (χ2v) is 5.02. The smallest absolute Gasteiger partial charge is 0.223 e. The monoisotopic (exact) mass is 282 g/mol. The molecule has 0 radical (unpaired) electrons. The summed E-state index contributed by atoms with van der Waals surface area (Å²) in [6.45, 7) is 2.59. The third kappa shape index (κ3) is 4.65. The Morgan fingerprint density at radius 1 is 1.37 bits per heavy atom. The van der Waals surface area contributed by atoms with Gasteiger partial charge in [-0.25, -0.2) is 0 Å². The summed E-state index contributed by atoms with van der Waals surface area (Å²) in [7, 11) is 3.42. The SMILES string of the molecule is CNC(=O)C(C)CN(C)CC(=O)c1ccccc1Cl. The van der Waals surface area contributed by atoms with E-state index in [2.05, 4.69) is 5.32 Å². The maximum atomic E-state index is 12.1. The van der Waals surface area contributed by atoms with Crippen molar-refractivity contribution < 1.29 is 9.59 Å². The van der Waals surface area contributed by atoms with Gasteiger partial charge < -0.3 is 5.32 Å². The molecule has 0 aliphatic rings. The molecular weight excluding hydrogens is 264 g/mol. The van der Waals surface area contributed by atoms with Crippen LogP contribution in [0.3, 0.4) is 0 Å². The number of halogens is 1. The van der Waals surface area contributed by atoms with Crippen molar-refractivity contribution in [2.24, 2.45) is 5.92 Å². The molecule has 1 atom stereocenters. The molecule has 0 saturated carbocycles. The first-order valence-electron chi connectivity index (χ1n) is 6.13. The van der Waals surface area contributed by atoms with Crippen LogP contribution < -0.4 is 5.32 Å². The first kappa shape index (κ1) is 15.7. The van der Waals surface area contributed by atoms with Crippen LogP contribution >= 0.6 is 11.6 Å². The lowest BCUT2D eigenvalue weighted by Gasteiger charge is -2.19. The first-order valence-corrected chi connectivity index (χ1v) is 6.51. The topological polar surface area (TPSA) is 49.4 Å². The minimum Gasteiger partial charge on any atom is -0.359 e. The van der Waals surface area contributed by atoms with E-state index >= 15 is 0 Å². The molecule has 1 aromatic carbocycles. The van der Waals surface area contributed by atoms with E-state index in [9.17, 15) is 9.59 Å². The molecule has 1 rings (SSSR count). The molecule has 19 heavy (non-hydrogen) atoms. The van der Waals surface area contributed by atoms with Gasteiger partial charge in [0.2, 0.25) is 5.91 Å². The highest BCUT2D eigenvalue weighted by atomic mass is 35.5. The molecule has 1 unspecified atom stereocenters. The number of likely N-dealkylation sites (N-methyl/N-ethyl adjacent to an activating group) is 1. The van der Waals surface area contributed by atoms with Crippen LogP contribution in [0.2, 0.25) is 5.02 Å². The molecule has 0 bridgehead atoms. The highest BCUT2D eigenvalue weighted by molar-refractivity contribution is 6.34. The number of Topliss-reactive ketones (excluding diaryl/α,β-unsaturated/α-hetero) is 1. The number of ketones is 1. The average Bonchev–Trinajstić information content (AvgIpc) is 2.37. The second-order valence-electron chi connectivity index (χ2n) is 4.62. The van der Waals surface area contributed by atoms with Crippen molar-refractivity contribution in [1.82, 2.24) is 10.2 Å². The summed E-state index contributed by atoms with van der Waals surface area (Å²) in [5.74, 6) is -0.233. The van der Waals surface area contributed by atoms with Crippen molar-refractivity contribution in [2.75, 3.05) is 27.2 Å². The zero-order chi connectivity index (χ0) is 14.4. The normalized spacial score (nSPS) is 12.3. The molecule has 0 aliphatic heterocycles. The largest absolute Gasteiger partial charge is 0.359 e. The predicted molar refractivity (Wildman–Crippen MR) is 76.5 cm³/mol. The number of hydrogen-bond donors (Lipinski definition) is 1. The molecule has 0 aromatic heterocycles. The van der Waals surface area contributed by atoms with E-state index in [4.69, 9.17) is 11.6 Å². The standard InChI is InChI=1S/C14H19ClN2O2/c1-10(14(19)16-2)8-17(3)9-13(18)11-6-4-5-7-12(11)15/h4-7,10H,8-9H2,1-3H3,(H,16,19). The van der Waals surface area contributed by atoms with E-state index < -0.39 is 0 Å². The van der Waals surface area contributed by atoms with Crippen LogP contribution in [-0.4, -0.2) is 43.8 Å². The first-order chi connectivity index (χ1) is 8.95. The van der Waals surface area contributed by atoms with E-state index in [1.165, 1.54) is 0 Å². The molecule has 1 aromatic rings. The maximum absolute atomic E-state index is 12.1. The highest BCUT2D eigenvalue weighted by Crippen LogP contribution is 2.15. The molecule has 104 valence electrons. The Balaban J connectivity index is 2.58. The highest BCUT2D eigenvalue weighted by Gasteiger charge is 2.17. The molecule has 4 nitrogen and oxygen atoms in total. The number of nitrogens with one attached hydrogen (secondary N) is 1. The fourth-order valence-corrected chi connectivity index (χ4v) is 2.12. The van der Waals surface area contributed by atoms with Gasteiger partial charge in [0.05, 0.1) is 11.6 Å². The predicted octanol–water partition coefficient (Wildman–Crippen LogP) is 1.84. The molecule has 0 heterocycles. The Morgan fingerprint density at radius 2 is 2.00 bits per heavy atom. The summed E-state index contributed by atoms with van der Waals surface area (Å²) in [6, 6.07) is 6.98. The van der Waals surface area contributed by atoms with Gasteiger partial charge in [0, 0.05) is 25.1 Å². The Hall–Kier alpha value is -1.39. The molecule has 0 spiro atoms. The second kappa shape index (κ2) is 7.26. The summed E-state index contributed by atoms with van der Waals surface area (Å²) in [5.41, 5.74) is 0.517. The molecule has 0 saturated heterocycles. The summed E-state index contributed by atoms with van der Waals surface area (Å²) >= 11 is 5.98. The van der Waals surface area contributed by atoms with Gasteiger partial charge in [-0.1, -0.05) is 30.7 Å². The fraction of sp³-hybridized carbons (Fsp3) is 0.429. The number of amides is 1. The number of carbonyl (C=O) groups excluding carboxylic acids is 2. The number of benzene rings is 1. The van der Waals surface area contributed by atoms with E-state index in [0.29, 0.717) is 17.1 Å². The van der Waals surface area contributed by atoms with E-state index in [1.54, 1.807) is 31.3 Å². The lowest BCUT2D eigenvalue weighted by atomic mass is 10.1. The molecule has 0 fully saturated rings. The molecule has 0 aliphatic carbocycles. The number of hydrogen-bond acceptors (Lipinski definition) is 3. The minimum absolute atomic E-state index is 0.0305. The lowest BCUT2D eigenvalue weighted by Crippen LogP contribution is -2.36. The molecule has 1 N–H and O–H groups in total. The van der Waals surface area contributed by atoms with E-state index in [1.807, 2.05) is 18.9 Å². The van der Waals surface area contributed by atoms with Crippen LogP contribution in [0.5, 0.6) is 0 Å². The lowest BCUT2D eigenvalue weighted by molar-refractivity contribution is -0.124. The number of rotatable bonds is 6. The third-order valence-electron chi connectivity index (χ3n) is 2.87. The van der Waals surface area contributed by atoms with Gasteiger partial charge in [-0.2, -0.15) is 0 Å². The van der Waals surface area contributed by atoms with Crippen LogP contribution in [0.15, 0.2) is 24.3 Å². The van der Waals surface area contributed by atoms with Gasteiger partial charge in [0.15, 0.2) is 5.78 Å². The van der Waals surface area contributed by atoms with Crippen LogP contribution in [0, 0.1) is 5.92 Å².